The summed E-state index contributed by atoms with van der Waals surface area (Å²) in [6, 6.07) is 8.67. The summed E-state index contributed by atoms with van der Waals surface area (Å²) < 4.78 is 28.0. The van der Waals surface area contributed by atoms with Gasteiger partial charge >= 0.3 is 0 Å². The van der Waals surface area contributed by atoms with E-state index in [0.717, 1.165) is 17.9 Å². The standard InChI is InChI=1S/C14H20N4O2S/c1-3-17-21(19,20)14-7-5-12(6-8-14)15-11-13-9-10-16-18(13)4-2/h5-10,15,17H,3-4,11H2,1-2H3. The average Bonchev–Trinajstić information content (AvgIpc) is 2.93. The summed E-state index contributed by atoms with van der Waals surface area (Å²) in [4.78, 5) is 0.272. The molecule has 2 N–H and O–H groups in total. The molecule has 0 amide bonds. The summed E-state index contributed by atoms with van der Waals surface area (Å²) in [5.41, 5.74) is 1.95. The maximum atomic E-state index is 11.8. The van der Waals surface area contributed by atoms with Gasteiger partial charge < -0.3 is 5.32 Å². The van der Waals surface area contributed by atoms with Crippen molar-refractivity contribution in [3.8, 4) is 0 Å². The molecule has 0 fully saturated rings. The summed E-state index contributed by atoms with van der Waals surface area (Å²) in [6.07, 6.45) is 1.77. The molecule has 0 unspecified atom stereocenters. The minimum absolute atomic E-state index is 0.272. The van der Waals surface area contributed by atoms with Crippen LogP contribution in [0.25, 0.3) is 0 Å². The van der Waals surface area contributed by atoms with Crippen molar-refractivity contribution in [1.29, 1.82) is 0 Å². The van der Waals surface area contributed by atoms with E-state index in [-0.39, 0.29) is 4.90 Å². The summed E-state index contributed by atoms with van der Waals surface area (Å²) in [5, 5.41) is 7.46. The monoisotopic (exact) mass is 308 g/mol. The Balaban J connectivity index is 2.03. The first-order chi connectivity index (χ1) is 10.1. The highest BCUT2D eigenvalue weighted by Gasteiger charge is 2.11. The van der Waals surface area contributed by atoms with Crippen molar-refractivity contribution in [3.05, 3.63) is 42.2 Å². The van der Waals surface area contributed by atoms with Crippen LogP contribution in [0, 0.1) is 0 Å². The van der Waals surface area contributed by atoms with Gasteiger partial charge in [0.15, 0.2) is 0 Å². The zero-order valence-corrected chi connectivity index (χ0v) is 13.0. The van der Waals surface area contributed by atoms with Gasteiger partial charge in [0, 0.05) is 25.0 Å². The molecule has 0 saturated heterocycles. The van der Waals surface area contributed by atoms with Crippen LogP contribution in [0.4, 0.5) is 5.69 Å². The van der Waals surface area contributed by atoms with Crippen LogP contribution < -0.4 is 10.0 Å². The number of anilines is 1. The number of benzene rings is 1. The molecule has 0 saturated carbocycles. The van der Waals surface area contributed by atoms with Gasteiger partial charge in [-0.25, -0.2) is 13.1 Å². The molecule has 0 spiro atoms. The number of aromatic nitrogens is 2. The van der Waals surface area contributed by atoms with Crippen molar-refractivity contribution < 1.29 is 8.42 Å². The molecule has 2 rings (SSSR count). The second-order valence-electron chi connectivity index (χ2n) is 4.52. The molecule has 1 aromatic heterocycles. The Hall–Kier alpha value is -1.86. The van der Waals surface area contributed by atoms with Gasteiger partial charge in [-0.2, -0.15) is 5.10 Å². The van der Waals surface area contributed by atoms with Crippen LogP contribution in [0.15, 0.2) is 41.4 Å². The molecule has 0 aliphatic rings. The molecule has 0 aliphatic heterocycles. The number of sulfonamides is 1. The van der Waals surface area contributed by atoms with E-state index >= 15 is 0 Å². The molecule has 1 aromatic carbocycles. The molecule has 21 heavy (non-hydrogen) atoms. The molecule has 0 radical (unpaired) electrons. The van der Waals surface area contributed by atoms with Crippen LogP contribution in [0.5, 0.6) is 0 Å². The summed E-state index contributed by atoms with van der Waals surface area (Å²) in [5.74, 6) is 0. The van der Waals surface area contributed by atoms with Crippen molar-refractivity contribution in [2.45, 2.75) is 31.8 Å². The Labute approximate surface area is 125 Å². The van der Waals surface area contributed by atoms with Gasteiger partial charge in [-0.05, 0) is 37.3 Å². The molecular weight excluding hydrogens is 288 g/mol. The number of nitrogens with zero attached hydrogens (tertiary/aromatic N) is 2. The first-order valence-electron chi connectivity index (χ1n) is 6.91. The Kier molecular flexibility index (Phi) is 4.98. The van der Waals surface area contributed by atoms with Gasteiger partial charge in [0.1, 0.15) is 0 Å². The third-order valence-electron chi connectivity index (χ3n) is 3.08. The number of rotatable bonds is 7. The fourth-order valence-electron chi connectivity index (χ4n) is 2.01. The lowest BCUT2D eigenvalue weighted by atomic mass is 10.3. The molecule has 1 heterocycles. The highest BCUT2D eigenvalue weighted by atomic mass is 32.2. The summed E-state index contributed by atoms with van der Waals surface area (Å²) >= 11 is 0. The van der Waals surface area contributed by atoms with Gasteiger partial charge in [-0.1, -0.05) is 6.92 Å². The van der Waals surface area contributed by atoms with E-state index in [1.54, 1.807) is 37.4 Å². The second-order valence-corrected chi connectivity index (χ2v) is 6.28. The van der Waals surface area contributed by atoms with Crippen molar-refractivity contribution in [2.24, 2.45) is 0 Å². The third-order valence-corrected chi connectivity index (χ3v) is 4.64. The summed E-state index contributed by atoms with van der Waals surface area (Å²) in [7, 11) is -3.39. The minimum Gasteiger partial charge on any atom is -0.379 e. The van der Waals surface area contributed by atoms with Crippen molar-refractivity contribution in [1.82, 2.24) is 14.5 Å². The number of nitrogens with one attached hydrogen (secondary N) is 2. The lowest BCUT2D eigenvalue weighted by Crippen LogP contribution is -2.23. The molecule has 114 valence electrons. The van der Waals surface area contributed by atoms with E-state index in [4.69, 9.17) is 0 Å². The highest BCUT2D eigenvalue weighted by molar-refractivity contribution is 7.89. The van der Waals surface area contributed by atoms with E-state index in [9.17, 15) is 8.42 Å². The van der Waals surface area contributed by atoms with E-state index in [2.05, 4.69) is 15.1 Å². The van der Waals surface area contributed by atoms with Crippen LogP contribution in [0.2, 0.25) is 0 Å². The van der Waals surface area contributed by atoms with E-state index in [0.29, 0.717) is 13.1 Å². The van der Waals surface area contributed by atoms with E-state index in [1.165, 1.54) is 0 Å². The van der Waals surface area contributed by atoms with Gasteiger partial charge in [-0.3, -0.25) is 4.68 Å². The van der Waals surface area contributed by atoms with Crippen LogP contribution in [0.3, 0.4) is 0 Å². The molecule has 0 bridgehead atoms. The molecule has 7 heteroatoms. The van der Waals surface area contributed by atoms with E-state index in [1.807, 2.05) is 17.7 Å². The molecule has 0 aliphatic carbocycles. The van der Waals surface area contributed by atoms with Crippen LogP contribution in [0.1, 0.15) is 19.5 Å². The van der Waals surface area contributed by atoms with Gasteiger partial charge in [-0.15, -0.1) is 0 Å². The van der Waals surface area contributed by atoms with Crippen molar-refractivity contribution in [2.75, 3.05) is 11.9 Å². The SMILES string of the molecule is CCNS(=O)(=O)c1ccc(NCc2ccnn2CC)cc1. The zero-order valence-electron chi connectivity index (χ0n) is 12.2. The molecule has 2 aromatic rings. The predicted octanol–water partition coefficient (Wildman–Crippen LogP) is 1.81. The van der Waals surface area contributed by atoms with Crippen molar-refractivity contribution in [3.63, 3.8) is 0 Å². The number of hydrogen-bond acceptors (Lipinski definition) is 4. The Morgan fingerprint density at radius 3 is 2.48 bits per heavy atom. The van der Waals surface area contributed by atoms with Gasteiger partial charge in [0.05, 0.1) is 17.1 Å². The topological polar surface area (TPSA) is 76.0 Å². The Bertz CT molecular complexity index is 677. The molecule has 6 nitrogen and oxygen atoms in total. The second kappa shape index (κ2) is 6.73. The number of aryl methyl sites for hydroxylation is 1. The Morgan fingerprint density at radius 2 is 1.86 bits per heavy atom. The fourth-order valence-corrected chi connectivity index (χ4v) is 3.05. The Morgan fingerprint density at radius 1 is 1.14 bits per heavy atom. The minimum atomic E-state index is -3.39. The third kappa shape index (κ3) is 3.83. The van der Waals surface area contributed by atoms with Crippen LogP contribution in [-0.2, 0) is 23.1 Å². The summed E-state index contributed by atoms with van der Waals surface area (Å²) in [6.45, 7) is 5.64. The zero-order chi connectivity index (χ0) is 15.3. The van der Waals surface area contributed by atoms with Crippen molar-refractivity contribution >= 4 is 15.7 Å². The maximum absolute atomic E-state index is 11.8. The predicted molar refractivity (Wildman–Crippen MR) is 82.5 cm³/mol. The highest BCUT2D eigenvalue weighted by Crippen LogP contribution is 2.14. The smallest absolute Gasteiger partial charge is 0.240 e. The first kappa shape index (κ1) is 15.5. The largest absolute Gasteiger partial charge is 0.379 e. The van der Waals surface area contributed by atoms with Crippen LogP contribution >= 0.6 is 0 Å². The van der Waals surface area contributed by atoms with E-state index < -0.39 is 10.0 Å². The number of hydrogen-bond donors (Lipinski definition) is 2. The van der Waals surface area contributed by atoms with Gasteiger partial charge in [0.25, 0.3) is 0 Å². The first-order valence-corrected chi connectivity index (χ1v) is 8.39. The quantitative estimate of drug-likeness (QED) is 0.818. The average molecular weight is 308 g/mol. The lowest BCUT2D eigenvalue weighted by molar-refractivity contribution is 0.584. The van der Waals surface area contributed by atoms with Gasteiger partial charge in [0.2, 0.25) is 10.0 Å². The normalized spacial score (nSPS) is 11.5. The molecule has 0 atom stereocenters. The molecular formula is C14H20N4O2S. The fraction of sp³-hybridized carbons (Fsp3) is 0.357. The maximum Gasteiger partial charge on any atom is 0.240 e. The van der Waals surface area contributed by atoms with Crippen LogP contribution in [-0.4, -0.2) is 24.7 Å². The lowest BCUT2D eigenvalue weighted by Gasteiger charge is -2.09.